The van der Waals surface area contributed by atoms with Gasteiger partial charge in [-0.3, -0.25) is 19.6 Å². The van der Waals surface area contributed by atoms with Gasteiger partial charge in [-0.2, -0.15) is 5.26 Å². The second-order valence-electron chi connectivity index (χ2n) is 22.7. The average Bonchev–Trinajstić information content (AvgIpc) is 4.52. The van der Waals surface area contributed by atoms with Crippen LogP contribution in [0.5, 0.6) is 0 Å². The molecule has 4 aromatic rings. The number of ether oxygens (including phenoxy) is 2. The number of aromatic nitrogens is 4. The highest BCUT2D eigenvalue weighted by Gasteiger charge is 2.72. The second kappa shape index (κ2) is 25.8. The summed E-state index contributed by atoms with van der Waals surface area (Å²) in [5, 5.41) is 23.2. The van der Waals surface area contributed by atoms with Crippen LogP contribution in [-0.4, -0.2) is 128 Å². The number of halogens is 5. The number of thioether (sulfide) groups is 2. The molecule has 3 amide bonds. The van der Waals surface area contributed by atoms with Crippen molar-refractivity contribution in [2.45, 2.75) is 114 Å². The van der Waals surface area contributed by atoms with E-state index in [-0.39, 0.29) is 76.5 Å². The summed E-state index contributed by atoms with van der Waals surface area (Å²) >= 11 is 7.81. The minimum absolute atomic E-state index is 0. The van der Waals surface area contributed by atoms with Crippen LogP contribution in [-0.2, 0) is 30.1 Å². The van der Waals surface area contributed by atoms with Gasteiger partial charge in [0.2, 0.25) is 11.8 Å². The zero-order chi connectivity index (χ0) is 60.2. The maximum atomic E-state index is 15.5. The molecular weight excluding hydrogens is 1140 g/mol. The lowest BCUT2D eigenvalue weighted by Crippen LogP contribution is -2.48. The number of allylic oxidation sites excluding steroid dienone is 1. The van der Waals surface area contributed by atoms with Crippen LogP contribution in [0, 0.1) is 41.4 Å². The third kappa shape index (κ3) is 15.3. The normalized spacial score (nSPS) is 23.3. The van der Waals surface area contributed by atoms with Gasteiger partial charge < -0.3 is 29.9 Å². The highest BCUT2D eigenvalue weighted by atomic mass is 35.5. The molecule has 0 radical (unpaired) electrons. The van der Waals surface area contributed by atoms with E-state index in [1.165, 1.54) is 112 Å². The number of nitrogens with two attached hydrogens (primary N) is 1. The number of benzene rings is 2. The summed E-state index contributed by atoms with van der Waals surface area (Å²) in [6, 6.07) is 17.0. The predicted octanol–water partition coefficient (Wildman–Crippen LogP) is 12.3. The van der Waals surface area contributed by atoms with Gasteiger partial charge in [-0.05, 0) is 137 Å². The molecule has 2 aliphatic heterocycles. The minimum Gasteiger partial charge on any atom is -0.443 e. The highest BCUT2D eigenvalue weighted by molar-refractivity contribution is 8.16. The lowest BCUT2D eigenvalue weighted by molar-refractivity contribution is -0.130. The van der Waals surface area contributed by atoms with Gasteiger partial charge in [-0.25, -0.2) is 27.3 Å². The molecule has 2 aliphatic carbocycles. The molecule has 25 heteroatoms. The SMILES string of the molecule is C.C/C(F)=C/c1ccc(F)c([C@@]2(C)N=C(N(COCC[Si](C)(C)C)C(=O)OC(C)(C)C)S[C@@]3(C(=O)N(C)C)C[C@H]32)c1.N#Cc1ccc(Cl)nn1.[C-]#[N+]c1ccc(/C(F)=C/c2ccc(F)c([C@@]3(C)N=C(N)S[C@@]4(C(=O)N(C)C)C[C@H]43)c2)nn1. The van der Waals surface area contributed by atoms with Gasteiger partial charge in [-0.15, -0.1) is 10.2 Å². The van der Waals surface area contributed by atoms with Crippen LogP contribution in [0.3, 0.4) is 0 Å². The summed E-state index contributed by atoms with van der Waals surface area (Å²) < 4.78 is 68.8. The summed E-state index contributed by atoms with van der Waals surface area (Å²) in [6.07, 6.45) is 2.83. The fraction of sp³-hybridized carbons (Fsp3) is 0.456. The Morgan fingerprint density at radius 2 is 1.40 bits per heavy atom. The van der Waals surface area contributed by atoms with E-state index in [2.05, 4.69) is 49.9 Å². The number of carbonyl (C=O) groups excluding carboxylic acids is 3. The maximum absolute atomic E-state index is 15.5. The Hall–Kier alpha value is -6.70. The minimum atomic E-state index is -1.39. The molecule has 4 heterocycles. The molecule has 0 unspecified atom stereocenters. The predicted molar refractivity (Wildman–Crippen MR) is 318 cm³/mol. The first-order valence-corrected chi connectivity index (χ1v) is 31.2. The van der Waals surface area contributed by atoms with Crippen molar-refractivity contribution in [3.8, 4) is 6.07 Å². The zero-order valence-electron chi connectivity index (χ0n) is 47.4. The summed E-state index contributed by atoms with van der Waals surface area (Å²) in [4.78, 5) is 56.8. The number of nitrogens with zero attached hydrogens (tertiary/aromatic N) is 11. The van der Waals surface area contributed by atoms with E-state index in [1.807, 2.05) is 6.07 Å². The van der Waals surface area contributed by atoms with Crippen molar-refractivity contribution in [3.63, 3.8) is 0 Å². The van der Waals surface area contributed by atoms with Gasteiger partial charge in [-0.1, -0.05) is 86.0 Å². The molecule has 438 valence electrons. The van der Waals surface area contributed by atoms with E-state index in [1.54, 1.807) is 68.9 Å². The fourth-order valence-electron chi connectivity index (χ4n) is 9.34. The number of aliphatic imine (C=N–C) groups is 2. The molecule has 8 rings (SSSR count). The molecule has 2 aromatic carbocycles. The Balaban J connectivity index is 0.000000261. The number of nitriles is 1. The Kier molecular flexibility index (Phi) is 20.8. The summed E-state index contributed by atoms with van der Waals surface area (Å²) in [7, 11) is 5.32. The first kappa shape index (κ1) is 66.1. The van der Waals surface area contributed by atoms with Gasteiger partial charge in [0, 0.05) is 65.8 Å². The van der Waals surface area contributed by atoms with Crippen LogP contribution in [0.15, 0.2) is 76.5 Å². The Morgan fingerprint density at radius 1 is 0.854 bits per heavy atom. The fourth-order valence-corrected chi connectivity index (χ4v) is 13.4. The third-order valence-electron chi connectivity index (χ3n) is 13.5. The average molecular weight is 1210 g/mol. The number of carbonyl (C=O) groups is 3. The maximum Gasteiger partial charge on any atom is 0.418 e. The quantitative estimate of drug-likeness (QED) is 0.0461. The van der Waals surface area contributed by atoms with E-state index in [4.69, 9.17) is 43.6 Å². The number of rotatable bonds is 12. The number of hydrogen-bond donors (Lipinski definition) is 1. The smallest absolute Gasteiger partial charge is 0.418 e. The molecule has 6 atom stereocenters. The van der Waals surface area contributed by atoms with Gasteiger partial charge in [0.05, 0.1) is 16.9 Å². The van der Waals surface area contributed by atoms with Crippen LogP contribution >= 0.6 is 35.1 Å². The van der Waals surface area contributed by atoms with E-state index >= 15 is 4.39 Å². The largest absolute Gasteiger partial charge is 0.443 e. The van der Waals surface area contributed by atoms with Gasteiger partial charge in [0.15, 0.2) is 27.0 Å². The highest BCUT2D eigenvalue weighted by Crippen LogP contribution is 2.68. The summed E-state index contributed by atoms with van der Waals surface area (Å²) in [5.41, 5.74) is 4.61. The molecule has 2 aromatic heterocycles. The lowest BCUT2D eigenvalue weighted by atomic mass is 9.84. The van der Waals surface area contributed by atoms with Gasteiger partial charge in [0.25, 0.3) is 5.82 Å². The van der Waals surface area contributed by atoms with E-state index in [0.717, 1.165) is 6.04 Å². The molecule has 0 saturated heterocycles. The number of fused-ring (bicyclic) bond motifs is 2. The second-order valence-corrected chi connectivity index (χ2v) is 31.4. The molecular formula is C57H69ClF4N12O5S2Si. The van der Waals surface area contributed by atoms with Gasteiger partial charge >= 0.3 is 6.09 Å². The van der Waals surface area contributed by atoms with Crippen molar-refractivity contribution >= 4 is 95.2 Å². The van der Waals surface area contributed by atoms with Crippen LogP contribution in [0.2, 0.25) is 30.8 Å². The first-order valence-electron chi connectivity index (χ1n) is 25.5. The van der Waals surface area contributed by atoms with Crippen LogP contribution in [0.25, 0.3) is 22.8 Å². The first-order chi connectivity index (χ1) is 37.7. The molecule has 0 bridgehead atoms. The Labute approximate surface area is 491 Å². The van der Waals surface area contributed by atoms with Gasteiger partial charge in [0.1, 0.15) is 45.2 Å². The number of hydrogen-bond acceptors (Lipinski definition) is 15. The van der Waals surface area contributed by atoms with Crippen molar-refractivity contribution < 1.29 is 41.4 Å². The van der Waals surface area contributed by atoms with Crippen molar-refractivity contribution in [2.75, 3.05) is 41.5 Å². The zero-order valence-corrected chi connectivity index (χ0v) is 50.8. The van der Waals surface area contributed by atoms with Crippen molar-refractivity contribution in [1.29, 1.82) is 5.26 Å². The molecule has 82 heavy (non-hydrogen) atoms. The molecule has 0 spiro atoms. The Bertz CT molecular complexity index is 3270. The number of amidine groups is 2. The van der Waals surface area contributed by atoms with E-state index in [9.17, 15) is 27.6 Å². The molecule has 4 aliphatic rings. The monoisotopic (exact) mass is 1200 g/mol. The number of amides is 3. The van der Waals surface area contributed by atoms with Crippen molar-refractivity contribution in [1.82, 2.24) is 35.1 Å². The van der Waals surface area contributed by atoms with Crippen molar-refractivity contribution in [2.24, 2.45) is 27.6 Å². The summed E-state index contributed by atoms with van der Waals surface area (Å²) in [6.45, 7) is 24.1. The van der Waals surface area contributed by atoms with Crippen molar-refractivity contribution in [3.05, 3.63) is 128 Å². The van der Waals surface area contributed by atoms with Crippen LogP contribution in [0.1, 0.15) is 95.5 Å². The third-order valence-corrected chi connectivity index (χ3v) is 18.2. The van der Waals surface area contributed by atoms with E-state index in [0.29, 0.717) is 35.7 Å². The van der Waals surface area contributed by atoms with E-state index < -0.39 is 63.6 Å². The van der Waals surface area contributed by atoms with Crippen LogP contribution < -0.4 is 5.73 Å². The topological polar surface area (TPSA) is 210 Å². The molecule has 2 saturated carbocycles. The molecule has 2 fully saturated rings. The summed E-state index contributed by atoms with van der Waals surface area (Å²) in [5.74, 6) is -2.85. The lowest BCUT2D eigenvalue weighted by Gasteiger charge is -2.38. The van der Waals surface area contributed by atoms with Crippen LogP contribution in [0.4, 0.5) is 28.2 Å². The molecule has 2 N–H and O–H groups in total. The molecule has 17 nitrogen and oxygen atoms in total. The Morgan fingerprint density at radius 3 is 1.87 bits per heavy atom. The standard InChI is InChI=1S/C29H43F2N3O4SSi.C22H20F2N6OS.C5H2ClN3.CH4/c1-19(30)15-20-11-12-22(31)21(16-20)28(5)23-17-29(23,24(35)33(6)7)39-25(32-28)34(26(36)38-27(2,3)4)18-37-13-14-40(8,9)10;1-21(17-11-22(17,19(31)30(3)4)32-20(25)27-21)13-9-12(5-6-14(13)23)10-15(24)16-7-8-18(26-2)29-28-16;6-5-2-1-4(3-7)8-9-5;/h11-12,15-16,23H,13-14,17-18H2,1-10H3;5-10,17H,11H2,1,3-4H3,(H2,25,27);1-2H;1H4/b19-15-;15-10-;;/t23-,28+,29-;17-,21+,22-;;/m00../s1.